The lowest BCUT2D eigenvalue weighted by molar-refractivity contribution is -0.383. The molecule has 142 valence electrons. The number of carbonyl (C=O) groups is 1. The van der Waals surface area contributed by atoms with Gasteiger partial charge in [0.15, 0.2) is 0 Å². The van der Waals surface area contributed by atoms with Crippen molar-refractivity contribution in [3.8, 4) is 11.3 Å². The van der Waals surface area contributed by atoms with Gasteiger partial charge in [-0.15, -0.1) is 10.2 Å². The van der Waals surface area contributed by atoms with Crippen LogP contribution >= 0.6 is 11.8 Å². The van der Waals surface area contributed by atoms with E-state index in [4.69, 9.17) is 0 Å². The van der Waals surface area contributed by atoms with Gasteiger partial charge in [0.2, 0.25) is 5.91 Å². The van der Waals surface area contributed by atoms with Crippen LogP contribution in [-0.2, 0) is 4.79 Å². The molecule has 0 unspecified atom stereocenters. The number of benzene rings is 2. The Bertz CT molecular complexity index is 1020. The number of carbonyl (C=O) groups excluding carboxylic acids is 1. The molecular weight excluding hydrogens is 376 g/mol. The summed E-state index contributed by atoms with van der Waals surface area (Å²) >= 11 is 1.22. The number of nitro groups is 1. The number of nitrogens with one attached hydrogen (secondary N) is 1. The van der Waals surface area contributed by atoms with Gasteiger partial charge in [-0.25, -0.2) is 0 Å². The predicted octanol–water partition coefficient (Wildman–Crippen LogP) is 4.40. The van der Waals surface area contributed by atoms with Crippen molar-refractivity contribution in [3.63, 3.8) is 0 Å². The van der Waals surface area contributed by atoms with Crippen LogP contribution in [0.4, 0.5) is 11.4 Å². The molecule has 0 bridgehead atoms. The molecule has 1 aromatic heterocycles. The van der Waals surface area contributed by atoms with Crippen LogP contribution in [-0.4, -0.2) is 26.8 Å². The summed E-state index contributed by atoms with van der Waals surface area (Å²) in [5, 5.41) is 22.5. The lowest BCUT2D eigenvalue weighted by Gasteiger charge is -2.06. The van der Waals surface area contributed by atoms with Crippen molar-refractivity contribution in [2.45, 2.75) is 18.9 Å². The molecule has 0 atom stereocenters. The van der Waals surface area contributed by atoms with Crippen LogP contribution in [0.5, 0.6) is 0 Å². The molecule has 7 nitrogen and oxygen atoms in total. The first-order chi connectivity index (χ1) is 13.4. The lowest BCUT2D eigenvalue weighted by atomic mass is 10.0. The molecule has 1 amide bonds. The van der Waals surface area contributed by atoms with E-state index in [0.29, 0.717) is 5.03 Å². The van der Waals surface area contributed by atoms with Crippen LogP contribution in [0.1, 0.15) is 11.1 Å². The van der Waals surface area contributed by atoms with Gasteiger partial charge in [-0.1, -0.05) is 36.0 Å². The van der Waals surface area contributed by atoms with Crippen LogP contribution in [0.25, 0.3) is 11.3 Å². The highest BCUT2D eigenvalue weighted by atomic mass is 32.2. The Hall–Kier alpha value is -3.26. The maximum Gasteiger partial charge on any atom is 0.292 e. The summed E-state index contributed by atoms with van der Waals surface area (Å²) in [4.78, 5) is 22.6. The Labute approximate surface area is 166 Å². The number of aromatic nitrogens is 2. The third-order valence-electron chi connectivity index (χ3n) is 4.17. The van der Waals surface area contributed by atoms with Gasteiger partial charge in [-0.05, 0) is 49.2 Å². The molecule has 0 radical (unpaired) electrons. The summed E-state index contributed by atoms with van der Waals surface area (Å²) in [5.74, 6) is -0.275. The minimum absolute atomic E-state index is 0.0731. The zero-order valence-electron chi connectivity index (χ0n) is 15.4. The first kappa shape index (κ1) is 19.5. The maximum absolute atomic E-state index is 12.1. The molecule has 2 aromatic carbocycles. The van der Waals surface area contributed by atoms with Crippen molar-refractivity contribution in [2.75, 3.05) is 11.1 Å². The van der Waals surface area contributed by atoms with E-state index in [1.165, 1.54) is 35.0 Å². The third kappa shape index (κ3) is 4.72. The number of nitrogens with zero attached hydrogens (tertiary/aromatic N) is 3. The van der Waals surface area contributed by atoms with Gasteiger partial charge < -0.3 is 5.32 Å². The fourth-order valence-corrected chi connectivity index (χ4v) is 3.13. The lowest BCUT2D eigenvalue weighted by Crippen LogP contribution is -2.15. The summed E-state index contributed by atoms with van der Waals surface area (Å²) in [6.07, 6.45) is 0. The molecule has 0 saturated heterocycles. The maximum atomic E-state index is 12.1. The van der Waals surface area contributed by atoms with E-state index in [-0.39, 0.29) is 23.0 Å². The van der Waals surface area contributed by atoms with Crippen LogP contribution < -0.4 is 5.32 Å². The highest BCUT2D eigenvalue weighted by Crippen LogP contribution is 2.25. The summed E-state index contributed by atoms with van der Waals surface area (Å²) < 4.78 is 0. The molecule has 1 heterocycles. The second-order valence-corrected chi connectivity index (χ2v) is 7.16. The SMILES string of the molecule is Cc1ccc(-c2ccc(SCC(=O)Nc3ccccc3[N+](=O)[O-])nn2)cc1C. The van der Waals surface area contributed by atoms with Gasteiger partial charge in [-0.2, -0.15) is 0 Å². The van der Waals surface area contributed by atoms with E-state index in [1.807, 2.05) is 25.1 Å². The van der Waals surface area contributed by atoms with E-state index in [9.17, 15) is 14.9 Å². The Morgan fingerprint density at radius 1 is 1.07 bits per heavy atom. The topological polar surface area (TPSA) is 98.0 Å². The Morgan fingerprint density at radius 3 is 2.54 bits per heavy atom. The highest BCUT2D eigenvalue weighted by Gasteiger charge is 2.15. The molecule has 1 N–H and O–H groups in total. The molecule has 0 saturated carbocycles. The summed E-state index contributed by atoms with van der Waals surface area (Å²) in [5.41, 5.74) is 4.18. The standard InChI is InChI=1S/C20H18N4O3S/c1-13-7-8-15(11-14(13)2)16-9-10-20(23-22-16)28-12-19(25)21-17-5-3-4-6-18(17)24(26)27/h3-11H,12H2,1-2H3,(H,21,25). The largest absolute Gasteiger partial charge is 0.320 e. The quantitative estimate of drug-likeness (QED) is 0.378. The van der Waals surface area contributed by atoms with Crippen molar-refractivity contribution in [3.05, 3.63) is 75.8 Å². The fraction of sp³-hybridized carbons (Fsp3) is 0.150. The van der Waals surface area contributed by atoms with E-state index in [2.05, 4.69) is 28.5 Å². The van der Waals surface area contributed by atoms with Crippen molar-refractivity contribution in [1.82, 2.24) is 10.2 Å². The molecule has 3 rings (SSSR count). The van der Waals surface area contributed by atoms with Crippen LogP contribution in [0.3, 0.4) is 0 Å². The second-order valence-electron chi connectivity index (χ2n) is 6.17. The number of thioether (sulfide) groups is 1. The number of aryl methyl sites for hydroxylation is 2. The van der Waals surface area contributed by atoms with Crippen LogP contribution in [0.15, 0.2) is 59.6 Å². The second kappa shape index (κ2) is 8.62. The first-order valence-electron chi connectivity index (χ1n) is 8.51. The molecule has 28 heavy (non-hydrogen) atoms. The molecule has 0 aliphatic carbocycles. The molecule has 8 heteroatoms. The monoisotopic (exact) mass is 394 g/mol. The van der Waals surface area contributed by atoms with Crippen molar-refractivity contribution in [1.29, 1.82) is 0 Å². The molecule has 0 fully saturated rings. The molecule has 0 aliphatic heterocycles. The molecule has 0 aliphatic rings. The van der Waals surface area contributed by atoms with Crippen LogP contribution in [0, 0.1) is 24.0 Å². The van der Waals surface area contributed by atoms with E-state index in [1.54, 1.807) is 18.2 Å². The number of para-hydroxylation sites is 2. The van der Waals surface area contributed by atoms with Crippen LogP contribution in [0.2, 0.25) is 0 Å². The summed E-state index contributed by atoms with van der Waals surface area (Å²) in [6.45, 7) is 4.10. The van der Waals surface area contributed by atoms with Gasteiger partial charge >= 0.3 is 0 Å². The first-order valence-corrected chi connectivity index (χ1v) is 9.50. The van der Waals surface area contributed by atoms with E-state index < -0.39 is 4.92 Å². The summed E-state index contributed by atoms with van der Waals surface area (Å²) in [6, 6.07) is 15.8. The Balaban J connectivity index is 1.61. The van der Waals surface area contributed by atoms with Gasteiger partial charge in [0, 0.05) is 11.6 Å². The predicted molar refractivity (Wildman–Crippen MR) is 109 cm³/mol. The van der Waals surface area contributed by atoms with E-state index in [0.717, 1.165) is 11.3 Å². The Morgan fingerprint density at radius 2 is 1.86 bits per heavy atom. The van der Waals surface area contributed by atoms with Crippen molar-refractivity contribution >= 4 is 29.0 Å². The van der Waals surface area contributed by atoms with Gasteiger partial charge in [-0.3, -0.25) is 14.9 Å². The zero-order valence-corrected chi connectivity index (χ0v) is 16.2. The number of rotatable bonds is 6. The number of hydrogen-bond donors (Lipinski definition) is 1. The zero-order chi connectivity index (χ0) is 20.1. The fourth-order valence-electron chi connectivity index (χ4n) is 2.52. The summed E-state index contributed by atoms with van der Waals surface area (Å²) in [7, 11) is 0. The molecular formula is C20H18N4O3S. The van der Waals surface area contributed by atoms with Crippen molar-refractivity contribution in [2.24, 2.45) is 0 Å². The number of amides is 1. The average molecular weight is 394 g/mol. The number of anilines is 1. The van der Waals surface area contributed by atoms with Crippen molar-refractivity contribution < 1.29 is 9.72 Å². The average Bonchev–Trinajstić information content (AvgIpc) is 2.69. The minimum Gasteiger partial charge on any atom is -0.320 e. The minimum atomic E-state index is -0.528. The smallest absolute Gasteiger partial charge is 0.292 e. The molecule has 0 spiro atoms. The number of nitro benzene ring substituents is 1. The van der Waals surface area contributed by atoms with Gasteiger partial charge in [0.25, 0.3) is 5.69 Å². The normalized spacial score (nSPS) is 10.5. The van der Waals surface area contributed by atoms with Gasteiger partial charge in [0.1, 0.15) is 10.7 Å². The van der Waals surface area contributed by atoms with E-state index >= 15 is 0 Å². The third-order valence-corrected chi connectivity index (χ3v) is 5.09. The Kier molecular flexibility index (Phi) is 6.00. The number of hydrogen-bond acceptors (Lipinski definition) is 6. The molecule has 3 aromatic rings. The van der Waals surface area contributed by atoms with Gasteiger partial charge in [0.05, 0.1) is 16.4 Å². The highest BCUT2D eigenvalue weighted by molar-refractivity contribution is 7.99.